The summed E-state index contributed by atoms with van der Waals surface area (Å²) in [5, 5.41) is 5.37. The maximum atomic E-state index is 12.6. The molecule has 0 fully saturated rings. The molecule has 0 bridgehead atoms. The molecule has 0 atom stereocenters. The summed E-state index contributed by atoms with van der Waals surface area (Å²) in [4.78, 5) is 16.1. The minimum absolute atomic E-state index is 0.0878. The molecular formula is C21H22N4O4S. The van der Waals surface area contributed by atoms with Gasteiger partial charge in [-0.25, -0.2) is 13.2 Å². The number of nitrogens with zero attached hydrogens (tertiary/aromatic N) is 1. The monoisotopic (exact) mass is 426 g/mol. The van der Waals surface area contributed by atoms with Crippen molar-refractivity contribution < 1.29 is 17.9 Å². The van der Waals surface area contributed by atoms with E-state index in [9.17, 15) is 13.2 Å². The summed E-state index contributed by atoms with van der Waals surface area (Å²) in [6.45, 7) is 0.788. The molecule has 0 unspecified atom stereocenters. The average Bonchev–Trinajstić information content (AvgIpc) is 2.75. The van der Waals surface area contributed by atoms with E-state index < -0.39 is 16.1 Å². The number of hydrogen-bond donors (Lipinski definition) is 3. The van der Waals surface area contributed by atoms with Crippen molar-refractivity contribution in [2.45, 2.75) is 18.0 Å². The van der Waals surface area contributed by atoms with E-state index in [-0.39, 0.29) is 4.90 Å². The third-order valence-electron chi connectivity index (χ3n) is 4.12. The fourth-order valence-corrected chi connectivity index (χ4v) is 3.69. The third kappa shape index (κ3) is 6.03. The van der Waals surface area contributed by atoms with E-state index in [1.807, 2.05) is 6.07 Å². The lowest BCUT2D eigenvalue weighted by molar-refractivity contribution is 0.185. The number of benzene rings is 2. The smallest absolute Gasteiger partial charge is 0.319 e. The Morgan fingerprint density at radius 2 is 1.67 bits per heavy atom. The van der Waals surface area contributed by atoms with Gasteiger partial charge in [0.15, 0.2) is 0 Å². The lowest BCUT2D eigenvalue weighted by Crippen LogP contribution is -2.28. The van der Waals surface area contributed by atoms with Gasteiger partial charge in [-0.3, -0.25) is 9.71 Å². The molecule has 1 heterocycles. The van der Waals surface area contributed by atoms with Gasteiger partial charge in [0.05, 0.1) is 11.5 Å². The number of methoxy groups -OCH3 is 1. The first-order valence-corrected chi connectivity index (χ1v) is 10.6. The van der Waals surface area contributed by atoms with Gasteiger partial charge in [-0.05, 0) is 53.6 Å². The first-order valence-electron chi connectivity index (χ1n) is 9.11. The first-order chi connectivity index (χ1) is 14.5. The molecule has 2 aromatic carbocycles. The van der Waals surface area contributed by atoms with Crippen LogP contribution >= 0.6 is 0 Å². The zero-order chi connectivity index (χ0) is 21.4. The highest BCUT2D eigenvalue weighted by Gasteiger charge is 2.14. The number of pyridine rings is 1. The summed E-state index contributed by atoms with van der Waals surface area (Å²) < 4.78 is 32.7. The van der Waals surface area contributed by atoms with Crippen molar-refractivity contribution in [1.82, 2.24) is 10.3 Å². The van der Waals surface area contributed by atoms with Crippen molar-refractivity contribution in [1.29, 1.82) is 0 Å². The SMILES string of the molecule is COCc1ccc(NS(=O)(=O)c2ccc(NC(=O)NCc3cccnc3)cc2)cc1. The summed E-state index contributed by atoms with van der Waals surface area (Å²) in [5.74, 6) is 0. The molecule has 0 aliphatic heterocycles. The Kier molecular flexibility index (Phi) is 6.99. The molecule has 0 saturated carbocycles. The molecule has 0 radical (unpaired) electrons. The second kappa shape index (κ2) is 9.86. The van der Waals surface area contributed by atoms with Gasteiger partial charge < -0.3 is 15.4 Å². The third-order valence-corrected chi connectivity index (χ3v) is 5.51. The van der Waals surface area contributed by atoms with Crippen molar-refractivity contribution >= 4 is 27.4 Å². The van der Waals surface area contributed by atoms with E-state index in [4.69, 9.17) is 4.74 Å². The molecule has 0 aliphatic carbocycles. The molecule has 3 rings (SSSR count). The summed E-state index contributed by atoms with van der Waals surface area (Å²) in [6.07, 6.45) is 3.32. The van der Waals surface area contributed by atoms with Crippen LogP contribution in [0, 0.1) is 0 Å². The van der Waals surface area contributed by atoms with Crippen LogP contribution in [-0.4, -0.2) is 26.5 Å². The highest BCUT2D eigenvalue weighted by Crippen LogP contribution is 2.19. The fourth-order valence-electron chi connectivity index (χ4n) is 2.63. The second-order valence-corrected chi connectivity index (χ2v) is 8.11. The molecule has 8 nitrogen and oxygen atoms in total. The highest BCUT2D eigenvalue weighted by molar-refractivity contribution is 7.92. The Balaban J connectivity index is 1.57. The molecule has 0 spiro atoms. The topological polar surface area (TPSA) is 109 Å². The van der Waals surface area contributed by atoms with Gasteiger partial charge in [0.2, 0.25) is 0 Å². The van der Waals surface area contributed by atoms with E-state index in [0.29, 0.717) is 24.5 Å². The van der Waals surface area contributed by atoms with E-state index in [0.717, 1.165) is 11.1 Å². The molecule has 1 aromatic heterocycles. The minimum atomic E-state index is -3.75. The molecule has 3 aromatic rings. The van der Waals surface area contributed by atoms with E-state index in [1.165, 1.54) is 24.3 Å². The highest BCUT2D eigenvalue weighted by atomic mass is 32.2. The number of anilines is 2. The lowest BCUT2D eigenvalue weighted by Gasteiger charge is -2.10. The van der Waals surface area contributed by atoms with Gasteiger partial charge >= 0.3 is 6.03 Å². The molecule has 30 heavy (non-hydrogen) atoms. The normalized spacial score (nSPS) is 11.0. The number of hydrogen-bond acceptors (Lipinski definition) is 5. The summed E-state index contributed by atoms with van der Waals surface area (Å²) in [7, 11) is -2.15. The fraction of sp³-hybridized carbons (Fsp3) is 0.143. The number of carbonyl (C=O) groups is 1. The number of rotatable bonds is 8. The van der Waals surface area contributed by atoms with Crippen molar-refractivity contribution in [2.24, 2.45) is 0 Å². The maximum Gasteiger partial charge on any atom is 0.319 e. The predicted octanol–water partition coefficient (Wildman–Crippen LogP) is 3.35. The summed E-state index contributed by atoms with van der Waals surface area (Å²) >= 11 is 0. The molecule has 156 valence electrons. The van der Waals surface area contributed by atoms with Crippen LogP contribution in [0.3, 0.4) is 0 Å². The van der Waals surface area contributed by atoms with E-state index in [1.54, 1.807) is 49.8 Å². The number of amides is 2. The molecule has 9 heteroatoms. The van der Waals surface area contributed by atoms with Crippen molar-refractivity contribution in [2.75, 3.05) is 17.1 Å². The number of sulfonamides is 1. The van der Waals surface area contributed by atoms with Crippen LogP contribution in [-0.2, 0) is 27.9 Å². The Morgan fingerprint density at radius 3 is 2.30 bits per heavy atom. The van der Waals surface area contributed by atoms with Crippen molar-refractivity contribution in [3.8, 4) is 0 Å². The van der Waals surface area contributed by atoms with E-state index in [2.05, 4.69) is 20.3 Å². The van der Waals surface area contributed by atoms with Crippen LogP contribution in [0.15, 0.2) is 78.0 Å². The number of urea groups is 1. The van der Waals surface area contributed by atoms with Crippen LogP contribution < -0.4 is 15.4 Å². The second-order valence-electron chi connectivity index (χ2n) is 6.43. The zero-order valence-corrected chi connectivity index (χ0v) is 17.1. The van der Waals surface area contributed by atoms with Crippen LogP contribution in [0.25, 0.3) is 0 Å². The van der Waals surface area contributed by atoms with Gasteiger partial charge in [-0.1, -0.05) is 18.2 Å². The van der Waals surface area contributed by atoms with E-state index >= 15 is 0 Å². The van der Waals surface area contributed by atoms with Gasteiger partial charge in [0.1, 0.15) is 0 Å². The molecule has 3 N–H and O–H groups in total. The largest absolute Gasteiger partial charge is 0.380 e. The van der Waals surface area contributed by atoms with Gasteiger partial charge in [-0.2, -0.15) is 0 Å². The van der Waals surface area contributed by atoms with Crippen molar-refractivity contribution in [3.63, 3.8) is 0 Å². The quantitative estimate of drug-likeness (QED) is 0.512. The van der Waals surface area contributed by atoms with Crippen LogP contribution in [0.2, 0.25) is 0 Å². The predicted molar refractivity (Wildman–Crippen MR) is 115 cm³/mol. The number of aromatic nitrogens is 1. The minimum Gasteiger partial charge on any atom is -0.380 e. The molecular weight excluding hydrogens is 404 g/mol. The Labute approximate surface area is 175 Å². The number of carbonyl (C=O) groups excluding carboxylic acids is 1. The molecule has 0 saturated heterocycles. The Hall–Kier alpha value is -3.43. The summed E-state index contributed by atoms with van der Waals surface area (Å²) in [5.41, 5.74) is 2.74. The van der Waals surface area contributed by atoms with Gasteiger partial charge in [-0.15, -0.1) is 0 Å². The zero-order valence-electron chi connectivity index (χ0n) is 16.3. The Morgan fingerprint density at radius 1 is 0.967 bits per heavy atom. The van der Waals surface area contributed by atoms with Crippen LogP contribution in [0.5, 0.6) is 0 Å². The molecule has 2 amide bonds. The van der Waals surface area contributed by atoms with Crippen LogP contribution in [0.4, 0.5) is 16.2 Å². The van der Waals surface area contributed by atoms with Gasteiger partial charge in [0, 0.05) is 37.4 Å². The standard InChI is InChI=1S/C21H22N4O4S/c1-29-15-16-4-6-19(7-5-16)25-30(27,28)20-10-8-18(9-11-20)24-21(26)23-14-17-3-2-12-22-13-17/h2-13,25H,14-15H2,1H3,(H2,23,24,26). The van der Waals surface area contributed by atoms with Crippen molar-refractivity contribution in [3.05, 3.63) is 84.2 Å². The van der Waals surface area contributed by atoms with Crippen LogP contribution in [0.1, 0.15) is 11.1 Å². The summed E-state index contributed by atoms with van der Waals surface area (Å²) in [6, 6.07) is 16.1. The lowest BCUT2D eigenvalue weighted by atomic mass is 10.2. The maximum absolute atomic E-state index is 12.6. The number of nitrogens with one attached hydrogen (secondary N) is 3. The Bertz CT molecular complexity index is 1070. The average molecular weight is 426 g/mol. The van der Waals surface area contributed by atoms with Gasteiger partial charge in [0.25, 0.3) is 10.0 Å². The molecule has 0 aliphatic rings. The first kappa shape index (κ1) is 21.3. The number of ether oxygens (including phenoxy) is 1.